The van der Waals surface area contributed by atoms with Gasteiger partial charge >= 0.3 is 30.3 Å². The Morgan fingerprint density at radius 1 is 0.623 bits per heavy atom. The number of anilines is 6. The number of nitrogens with one attached hydrogen (secondary N) is 6. The Hall–Kier alpha value is -7.77. The molecule has 2 fully saturated rings. The molecule has 0 aliphatic heterocycles. The number of hydrogen-bond acceptors (Lipinski definition) is 16. The molecule has 9 N–H and O–H groups in total. The van der Waals surface area contributed by atoms with E-state index in [1.54, 1.807) is 36.4 Å². The zero-order chi connectivity index (χ0) is 55.5. The van der Waals surface area contributed by atoms with Gasteiger partial charge in [-0.1, -0.05) is 53.9 Å². The van der Waals surface area contributed by atoms with E-state index in [0.717, 1.165) is 36.8 Å². The monoisotopic (exact) mass is 1130 g/mol. The zero-order valence-electron chi connectivity index (χ0n) is 40.0. The molecule has 2 aliphatic rings. The molecule has 0 spiro atoms. The lowest BCUT2D eigenvalue weighted by Gasteiger charge is -2.19. The van der Waals surface area contributed by atoms with Crippen molar-refractivity contribution in [3.8, 4) is 12.0 Å². The summed E-state index contributed by atoms with van der Waals surface area (Å²) in [6, 6.07) is 24.2. The molecule has 0 radical (unpaired) electrons. The number of carboxylic acid groups (broad SMARTS) is 1. The topological polar surface area (TPSA) is 277 Å². The van der Waals surface area contributed by atoms with Crippen LogP contribution >= 0.6 is 34.8 Å². The number of carbonyl (C=O) groups is 3. The molecule has 1 atom stereocenters. The molecule has 6 aromatic rings. The van der Waals surface area contributed by atoms with E-state index >= 15 is 0 Å². The molecule has 19 nitrogen and oxygen atoms in total. The minimum atomic E-state index is -4.61. The lowest BCUT2D eigenvalue weighted by Crippen LogP contribution is -2.40. The first-order chi connectivity index (χ1) is 36.4. The van der Waals surface area contributed by atoms with Crippen LogP contribution in [0, 0.1) is 5.41 Å². The molecule has 1 amide bonds. The van der Waals surface area contributed by atoms with E-state index < -0.39 is 71.8 Å². The number of amidine groups is 1. The quantitative estimate of drug-likeness (QED) is 0.00973. The summed E-state index contributed by atoms with van der Waals surface area (Å²) in [6.07, 6.45) is -4.68. The van der Waals surface area contributed by atoms with Gasteiger partial charge in [-0.3, -0.25) is 15.0 Å². The molecule has 77 heavy (non-hydrogen) atoms. The number of hydrogen-bond donors (Lipinski definition) is 8. The van der Waals surface area contributed by atoms with Crippen LogP contribution in [0.2, 0.25) is 10.0 Å². The summed E-state index contributed by atoms with van der Waals surface area (Å²) in [4.78, 5) is 60.0. The minimum Gasteiger partial charge on any atom is -0.480 e. The summed E-state index contributed by atoms with van der Waals surface area (Å²) in [7, 11) is 0. The van der Waals surface area contributed by atoms with Crippen LogP contribution in [0.3, 0.4) is 0 Å². The highest BCUT2D eigenvalue weighted by molar-refractivity contribution is 6.67. The van der Waals surface area contributed by atoms with Gasteiger partial charge in [-0.2, -0.15) is 56.2 Å². The second-order valence-electron chi connectivity index (χ2n) is 17.6. The van der Waals surface area contributed by atoms with Crippen LogP contribution in [-0.2, 0) is 15.9 Å². The molecule has 28 heteroatoms. The molecular weight excluding hydrogens is 1090 g/mol. The number of carbonyl (C=O) groups excluding carboxylic acids is 2. The van der Waals surface area contributed by atoms with E-state index in [9.17, 15) is 45.8 Å². The van der Waals surface area contributed by atoms with Gasteiger partial charge in [0.05, 0.1) is 16.9 Å². The summed E-state index contributed by atoms with van der Waals surface area (Å²) in [5, 5.41) is 31.8. The van der Waals surface area contributed by atoms with E-state index in [2.05, 4.69) is 56.5 Å². The van der Waals surface area contributed by atoms with Crippen LogP contribution in [-0.4, -0.2) is 89.6 Å². The summed E-state index contributed by atoms with van der Waals surface area (Å²) in [5.74, 6) is -1.90. The maximum Gasteiger partial charge on any atom is 0.422 e. The van der Waals surface area contributed by atoms with E-state index in [1.807, 2.05) is 24.3 Å². The van der Waals surface area contributed by atoms with Gasteiger partial charge in [-0.15, -0.1) is 0 Å². The number of rotatable bonds is 23. The molecule has 2 aromatic heterocycles. The van der Waals surface area contributed by atoms with Crippen molar-refractivity contribution >= 4 is 92.9 Å². The zero-order valence-corrected chi connectivity index (χ0v) is 42.3. The van der Waals surface area contributed by atoms with Crippen molar-refractivity contribution in [2.24, 2.45) is 5.73 Å². The Balaban J connectivity index is 0.000000233. The molecule has 2 saturated carbocycles. The van der Waals surface area contributed by atoms with E-state index in [4.69, 9.17) is 55.4 Å². The fourth-order valence-electron chi connectivity index (χ4n) is 7.36. The maximum atomic E-state index is 12.8. The van der Waals surface area contributed by atoms with Gasteiger partial charge in [0, 0.05) is 39.0 Å². The van der Waals surface area contributed by atoms with Crippen LogP contribution < -0.4 is 41.8 Å². The minimum absolute atomic E-state index is 0.00821. The number of amides is 1. The van der Waals surface area contributed by atoms with E-state index in [-0.39, 0.29) is 47.2 Å². The van der Waals surface area contributed by atoms with Crippen LogP contribution in [0.15, 0.2) is 97.1 Å². The number of unbranched alkanes of at least 4 members (excludes halogenated alkanes) is 1. The molecule has 4 aromatic carbocycles. The summed E-state index contributed by atoms with van der Waals surface area (Å²) in [6.45, 7) is -3.15. The first-order valence-corrected chi connectivity index (χ1v) is 24.4. The number of nitrogens with two attached hydrogens (primary N) is 1. The van der Waals surface area contributed by atoms with Crippen molar-refractivity contribution in [1.29, 1.82) is 5.41 Å². The molecule has 0 unspecified atom stereocenters. The Morgan fingerprint density at radius 2 is 1.03 bits per heavy atom. The number of aromatic nitrogens is 6. The van der Waals surface area contributed by atoms with Gasteiger partial charge in [0.1, 0.15) is 6.04 Å². The fourth-order valence-corrected chi connectivity index (χ4v) is 7.73. The van der Waals surface area contributed by atoms with Gasteiger partial charge in [0.2, 0.25) is 23.8 Å². The van der Waals surface area contributed by atoms with Crippen molar-refractivity contribution < 1.29 is 55.3 Å². The Kier molecular flexibility index (Phi) is 18.1. The Bertz CT molecular complexity index is 3050. The van der Waals surface area contributed by atoms with Crippen molar-refractivity contribution in [3.63, 3.8) is 0 Å². The molecule has 406 valence electrons. The smallest absolute Gasteiger partial charge is 0.422 e. The second-order valence-corrected chi connectivity index (χ2v) is 18.8. The van der Waals surface area contributed by atoms with Crippen molar-refractivity contribution in [3.05, 3.63) is 129 Å². The molecular formula is C49H46Cl3F6N13O6. The predicted molar refractivity (Wildman–Crippen MR) is 274 cm³/mol. The van der Waals surface area contributed by atoms with Crippen LogP contribution in [0.1, 0.15) is 83.2 Å². The lowest BCUT2D eigenvalue weighted by atomic mass is 10.1. The lowest BCUT2D eigenvalue weighted by molar-refractivity contribution is -0.155. The van der Waals surface area contributed by atoms with Crippen molar-refractivity contribution in [1.82, 2.24) is 35.2 Å². The summed E-state index contributed by atoms with van der Waals surface area (Å²) >= 11 is 17.4. The average Bonchev–Trinajstić information content (AvgIpc) is 4.32. The van der Waals surface area contributed by atoms with Gasteiger partial charge in [0.15, 0.2) is 13.2 Å². The molecule has 0 bridgehead atoms. The van der Waals surface area contributed by atoms with Crippen LogP contribution in [0.25, 0.3) is 0 Å². The van der Waals surface area contributed by atoms with E-state index in [0.29, 0.717) is 40.7 Å². The molecule has 2 heterocycles. The Morgan fingerprint density at radius 3 is 1.39 bits per heavy atom. The number of halogens is 9. The fraction of sp³-hybridized carbons (Fsp3) is 0.306. The highest BCUT2D eigenvalue weighted by atomic mass is 35.5. The third kappa shape index (κ3) is 17.4. The summed E-state index contributed by atoms with van der Waals surface area (Å²) < 4.78 is 86.0. The number of benzene rings is 4. The SMILES string of the molecule is N=C(N)CCCC[C@H](NC(=O)c1ccc(Nc2nc(NC3(c4ccc(Cl)cc4)CC3)nc(OCC(F)(F)F)n2)cc1)C(=O)O.O=C(Cl)c1ccc(Nc2nc(NC3(c4ccc(Cl)cc4)CC3)nc(OCC(F)(F)F)n2)cc1. The van der Waals surface area contributed by atoms with E-state index in [1.165, 1.54) is 36.4 Å². The standard InChI is InChI=1S/C28H30ClF3N8O4.C21H16Cl2F3N5O2/c29-18-9-7-17(8-10-18)27(13-14-27)40-25-37-24(38-26(39-25)44-15-28(30,31)32)35-19-11-5-16(6-12-19)22(41)36-20(23(42)43)3-1-2-4-21(33)34;22-14-5-3-13(4-6-14)20(9-10-20)31-18-28-17(29-19(30-18)33-11-21(24,25)26)27-15-7-1-12(2-8-15)16(23)32/h5-12,20H,1-4,13-15H2,(H3,33,34)(H,36,41)(H,42,43)(H2,35,37,38,39,40);1-8H,9-11H2,(H2,27,28,29,30,31)/t20-;/m0./s1. The maximum absolute atomic E-state index is 12.8. The summed E-state index contributed by atoms with van der Waals surface area (Å²) in [5.41, 5.74) is 7.50. The Labute approximate surface area is 449 Å². The first kappa shape index (κ1) is 56.9. The van der Waals surface area contributed by atoms with Gasteiger partial charge in [-0.25, -0.2) is 4.79 Å². The largest absolute Gasteiger partial charge is 0.480 e. The third-order valence-corrected chi connectivity index (χ3v) is 12.2. The number of carboxylic acids is 1. The van der Waals surface area contributed by atoms with Crippen LogP contribution in [0.4, 0.5) is 61.5 Å². The van der Waals surface area contributed by atoms with Gasteiger partial charge in [-0.05, 0) is 134 Å². The normalized spacial score (nSPS) is 14.4. The highest BCUT2D eigenvalue weighted by Gasteiger charge is 2.46. The number of aliphatic carboxylic acids is 1. The second kappa shape index (κ2) is 24.5. The predicted octanol–water partition coefficient (Wildman–Crippen LogP) is 10.7. The first-order valence-electron chi connectivity index (χ1n) is 23.2. The molecule has 8 rings (SSSR count). The van der Waals surface area contributed by atoms with Gasteiger partial charge < -0.3 is 46.9 Å². The van der Waals surface area contributed by atoms with Crippen LogP contribution in [0.5, 0.6) is 12.0 Å². The average molecular weight is 1130 g/mol. The number of nitrogens with zero attached hydrogens (tertiary/aromatic N) is 6. The molecule has 0 saturated heterocycles. The van der Waals surface area contributed by atoms with Gasteiger partial charge in [0.25, 0.3) is 11.1 Å². The third-order valence-electron chi connectivity index (χ3n) is 11.5. The number of alkyl halides is 6. The highest BCUT2D eigenvalue weighted by Crippen LogP contribution is 2.49. The molecule has 2 aliphatic carbocycles. The number of ether oxygens (including phenoxy) is 2. The van der Waals surface area contributed by atoms with Crippen molar-refractivity contribution in [2.45, 2.75) is 80.8 Å². The van der Waals surface area contributed by atoms with Crippen molar-refractivity contribution in [2.75, 3.05) is 34.5 Å².